The molecule has 1 fully saturated rings. The number of hydrogen-bond acceptors (Lipinski definition) is 5. The van der Waals surface area contributed by atoms with Crippen molar-refractivity contribution in [3.8, 4) is 5.75 Å². The second-order valence-corrected chi connectivity index (χ2v) is 5.68. The number of aromatic nitrogens is 4. The molecule has 0 aliphatic carbocycles. The molecule has 3 heterocycles. The molecule has 8 nitrogen and oxygen atoms in total. The number of aromatic amines is 1. The zero-order chi connectivity index (χ0) is 16.2. The van der Waals surface area contributed by atoms with Crippen LogP contribution in [0, 0.1) is 6.92 Å². The molecule has 0 radical (unpaired) electrons. The summed E-state index contributed by atoms with van der Waals surface area (Å²) in [4.78, 5) is 12.2. The molecule has 1 amide bonds. The highest BCUT2D eigenvalue weighted by molar-refractivity contribution is 5.76. The minimum absolute atomic E-state index is 0.00968. The van der Waals surface area contributed by atoms with Crippen LogP contribution in [0.3, 0.4) is 0 Å². The Morgan fingerprint density at radius 3 is 3.09 bits per heavy atom. The van der Waals surface area contributed by atoms with Gasteiger partial charge in [0.2, 0.25) is 5.91 Å². The molecule has 1 saturated heterocycles. The molecule has 1 aliphatic heterocycles. The number of nitrogens with zero attached hydrogens (tertiary/aromatic N) is 3. The van der Waals surface area contributed by atoms with Crippen LogP contribution in [0.15, 0.2) is 18.6 Å². The Morgan fingerprint density at radius 1 is 1.52 bits per heavy atom. The Hall–Kier alpha value is -2.35. The van der Waals surface area contributed by atoms with E-state index in [1.54, 1.807) is 12.4 Å². The van der Waals surface area contributed by atoms with Gasteiger partial charge in [-0.1, -0.05) is 0 Å². The molecule has 124 valence electrons. The van der Waals surface area contributed by atoms with Gasteiger partial charge < -0.3 is 14.8 Å². The van der Waals surface area contributed by atoms with Gasteiger partial charge in [-0.25, -0.2) is 0 Å². The molecule has 2 aromatic rings. The van der Waals surface area contributed by atoms with Crippen LogP contribution in [0.4, 0.5) is 0 Å². The highest BCUT2D eigenvalue weighted by Crippen LogP contribution is 2.16. The summed E-state index contributed by atoms with van der Waals surface area (Å²) in [5, 5.41) is 13.7. The largest absolute Gasteiger partial charge is 0.482 e. The van der Waals surface area contributed by atoms with Crippen LogP contribution in [-0.4, -0.2) is 51.2 Å². The third-order valence-corrected chi connectivity index (χ3v) is 4.09. The summed E-state index contributed by atoms with van der Waals surface area (Å²) < 4.78 is 13.0. The van der Waals surface area contributed by atoms with Gasteiger partial charge in [0, 0.05) is 19.2 Å². The topological polar surface area (TPSA) is 94.1 Å². The standard InChI is InChI=1S/C15H21N5O3/c1-10-11(5-18-20(10)2)3-4-15(21)19-13-8-22-9-14(13)23-12-6-16-17-7-12/h5-7,13-14H,3-4,8-9H2,1-2H3,(H,16,17)(H,19,21)/t13-,14+/m0/s1. The van der Waals surface area contributed by atoms with Crippen molar-refractivity contribution in [2.75, 3.05) is 13.2 Å². The number of nitrogens with one attached hydrogen (secondary N) is 2. The number of amides is 1. The smallest absolute Gasteiger partial charge is 0.220 e. The van der Waals surface area contributed by atoms with E-state index in [9.17, 15) is 4.79 Å². The highest BCUT2D eigenvalue weighted by Gasteiger charge is 2.31. The molecule has 3 rings (SSSR count). The highest BCUT2D eigenvalue weighted by atomic mass is 16.5. The summed E-state index contributed by atoms with van der Waals surface area (Å²) in [6.45, 7) is 2.91. The monoisotopic (exact) mass is 319 g/mol. The summed E-state index contributed by atoms with van der Waals surface area (Å²) in [5.74, 6) is 0.635. The van der Waals surface area contributed by atoms with Crippen LogP contribution in [-0.2, 0) is 23.0 Å². The summed E-state index contributed by atoms with van der Waals surface area (Å²) >= 11 is 0. The van der Waals surface area contributed by atoms with E-state index in [1.807, 2.05) is 24.9 Å². The molecule has 2 atom stereocenters. The first-order chi connectivity index (χ1) is 11.1. The van der Waals surface area contributed by atoms with Crippen LogP contribution in [0.25, 0.3) is 0 Å². The van der Waals surface area contributed by atoms with Crippen molar-refractivity contribution in [2.45, 2.75) is 31.9 Å². The summed E-state index contributed by atoms with van der Waals surface area (Å²) in [5.41, 5.74) is 2.18. The molecule has 1 aliphatic rings. The number of rotatable bonds is 6. The third-order valence-electron chi connectivity index (χ3n) is 4.09. The SMILES string of the molecule is Cc1c(CCC(=O)N[C@H]2COC[C@H]2Oc2cn[nH]c2)cnn1C. The molecule has 0 aromatic carbocycles. The predicted molar refractivity (Wildman–Crippen MR) is 82.0 cm³/mol. The second-order valence-electron chi connectivity index (χ2n) is 5.68. The fourth-order valence-corrected chi connectivity index (χ4v) is 2.58. The molecular weight excluding hydrogens is 298 g/mol. The van der Waals surface area contributed by atoms with E-state index in [-0.39, 0.29) is 18.1 Å². The maximum Gasteiger partial charge on any atom is 0.220 e. The number of H-pyrrole nitrogens is 1. The Morgan fingerprint density at radius 2 is 2.39 bits per heavy atom. The van der Waals surface area contributed by atoms with Gasteiger partial charge in [0.05, 0.1) is 37.8 Å². The van der Waals surface area contributed by atoms with Gasteiger partial charge in [-0.05, 0) is 18.9 Å². The lowest BCUT2D eigenvalue weighted by atomic mass is 10.1. The molecule has 23 heavy (non-hydrogen) atoms. The van der Waals surface area contributed by atoms with E-state index in [0.29, 0.717) is 31.8 Å². The fraction of sp³-hybridized carbons (Fsp3) is 0.533. The minimum atomic E-state index is -0.198. The van der Waals surface area contributed by atoms with Crippen LogP contribution >= 0.6 is 0 Å². The van der Waals surface area contributed by atoms with Crippen LogP contribution in [0.2, 0.25) is 0 Å². The van der Waals surface area contributed by atoms with Gasteiger partial charge in [-0.2, -0.15) is 10.2 Å². The van der Waals surface area contributed by atoms with Gasteiger partial charge in [-0.15, -0.1) is 0 Å². The van der Waals surface area contributed by atoms with E-state index in [2.05, 4.69) is 20.6 Å². The van der Waals surface area contributed by atoms with Crippen molar-refractivity contribution >= 4 is 5.91 Å². The second kappa shape index (κ2) is 6.82. The number of ether oxygens (including phenoxy) is 2. The maximum absolute atomic E-state index is 12.2. The van der Waals surface area contributed by atoms with Crippen molar-refractivity contribution < 1.29 is 14.3 Å². The van der Waals surface area contributed by atoms with Crippen molar-refractivity contribution in [2.24, 2.45) is 7.05 Å². The molecule has 0 unspecified atom stereocenters. The molecular formula is C15H21N5O3. The predicted octanol–water partition coefficient (Wildman–Crippen LogP) is 0.347. The Bertz CT molecular complexity index is 652. The molecule has 8 heteroatoms. The van der Waals surface area contributed by atoms with E-state index in [4.69, 9.17) is 9.47 Å². The van der Waals surface area contributed by atoms with E-state index in [0.717, 1.165) is 11.3 Å². The fourth-order valence-electron chi connectivity index (χ4n) is 2.58. The molecule has 0 saturated carbocycles. The quantitative estimate of drug-likeness (QED) is 0.801. The minimum Gasteiger partial charge on any atom is -0.482 e. The first-order valence-electron chi connectivity index (χ1n) is 7.63. The van der Waals surface area contributed by atoms with Crippen LogP contribution in [0.1, 0.15) is 17.7 Å². The van der Waals surface area contributed by atoms with E-state index < -0.39 is 0 Å². The van der Waals surface area contributed by atoms with Gasteiger partial charge in [0.1, 0.15) is 6.10 Å². The van der Waals surface area contributed by atoms with Gasteiger partial charge in [-0.3, -0.25) is 14.6 Å². The lowest BCUT2D eigenvalue weighted by molar-refractivity contribution is -0.122. The van der Waals surface area contributed by atoms with Crippen molar-refractivity contribution in [1.29, 1.82) is 0 Å². The van der Waals surface area contributed by atoms with Gasteiger partial charge >= 0.3 is 0 Å². The first kappa shape index (κ1) is 15.5. The van der Waals surface area contributed by atoms with Crippen LogP contribution in [0.5, 0.6) is 5.75 Å². The molecule has 2 aromatic heterocycles. The molecule has 0 spiro atoms. The molecule has 2 N–H and O–H groups in total. The maximum atomic E-state index is 12.2. The number of carbonyl (C=O) groups is 1. The summed E-state index contributed by atoms with van der Waals surface area (Å²) in [6, 6.07) is -0.146. The van der Waals surface area contributed by atoms with E-state index in [1.165, 1.54) is 0 Å². The van der Waals surface area contributed by atoms with Crippen LogP contribution < -0.4 is 10.1 Å². The summed E-state index contributed by atoms with van der Waals surface area (Å²) in [6.07, 6.45) is 5.97. The van der Waals surface area contributed by atoms with Crippen molar-refractivity contribution in [3.63, 3.8) is 0 Å². The van der Waals surface area contributed by atoms with Gasteiger partial charge in [0.15, 0.2) is 5.75 Å². The zero-order valence-corrected chi connectivity index (χ0v) is 13.3. The Labute approximate surface area is 134 Å². The zero-order valence-electron chi connectivity index (χ0n) is 13.3. The number of aryl methyl sites for hydroxylation is 2. The van der Waals surface area contributed by atoms with Gasteiger partial charge in [0.25, 0.3) is 0 Å². The Kier molecular flexibility index (Phi) is 4.61. The lowest BCUT2D eigenvalue weighted by Gasteiger charge is -2.19. The normalized spacial score (nSPS) is 20.6. The molecule has 0 bridgehead atoms. The number of hydrogen-bond donors (Lipinski definition) is 2. The number of carbonyl (C=O) groups excluding carboxylic acids is 1. The van der Waals surface area contributed by atoms with Crippen molar-refractivity contribution in [1.82, 2.24) is 25.3 Å². The first-order valence-corrected chi connectivity index (χ1v) is 7.63. The third kappa shape index (κ3) is 3.70. The van der Waals surface area contributed by atoms with E-state index >= 15 is 0 Å². The lowest BCUT2D eigenvalue weighted by Crippen LogP contribution is -2.45. The summed E-state index contributed by atoms with van der Waals surface area (Å²) in [7, 11) is 1.90. The van der Waals surface area contributed by atoms with Crippen molar-refractivity contribution in [3.05, 3.63) is 29.8 Å². The average Bonchev–Trinajstić information content (AvgIpc) is 3.25. The average molecular weight is 319 g/mol. The Balaban J connectivity index is 1.49.